The van der Waals surface area contributed by atoms with Crippen molar-refractivity contribution >= 4 is 34.2 Å². The van der Waals surface area contributed by atoms with Gasteiger partial charge in [-0.2, -0.15) is 13.2 Å². The number of hydrogen-bond acceptors (Lipinski definition) is 3. The molecule has 0 aromatic heterocycles. The third-order valence-electron chi connectivity index (χ3n) is 5.16. The lowest BCUT2D eigenvalue weighted by atomic mass is 10.0. The molecule has 1 aliphatic rings. The van der Waals surface area contributed by atoms with Crippen LogP contribution in [0.5, 0.6) is 0 Å². The highest BCUT2D eigenvalue weighted by atomic mass is 127. The number of amides is 1. The minimum Gasteiger partial charge on any atom is -0.322 e. The summed E-state index contributed by atoms with van der Waals surface area (Å²) in [7, 11) is 1.97. The molecule has 2 aromatic rings. The quantitative estimate of drug-likeness (QED) is 0.406. The minimum atomic E-state index is -4.57. The first-order valence-corrected chi connectivity index (χ1v) is 10.6. The minimum absolute atomic E-state index is 0.00704. The number of benzene rings is 2. The molecule has 1 fully saturated rings. The molecule has 1 saturated heterocycles. The van der Waals surface area contributed by atoms with E-state index in [1.807, 2.05) is 11.9 Å². The Balaban J connectivity index is 1.79. The predicted molar refractivity (Wildman–Crippen MR) is 116 cm³/mol. The summed E-state index contributed by atoms with van der Waals surface area (Å²) in [5.74, 6) is -0.668. The predicted octanol–water partition coefficient (Wildman–Crippen LogP) is 5.25. The number of rotatable bonds is 5. The van der Waals surface area contributed by atoms with Crippen LogP contribution in [-0.4, -0.2) is 48.9 Å². The van der Waals surface area contributed by atoms with Gasteiger partial charge in [-0.3, -0.25) is 9.69 Å². The molecule has 10 heteroatoms. The fourth-order valence-corrected chi connectivity index (χ4v) is 4.10. The second-order valence-corrected chi connectivity index (χ2v) is 8.60. The lowest BCUT2D eigenvalue weighted by Gasteiger charge is -2.33. The van der Waals surface area contributed by atoms with Crippen molar-refractivity contribution in [2.24, 2.45) is 0 Å². The Morgan fingerprint density at radius 2 is 1.77 bits per heavy atom. The normalized spacial score (nSPS) is 16.0. The van der Waals surface area contributed by atoms with Crippen molar-refractivity contribution in [1.29, 1.82) is 0 Å². The van der Waals surface area contributed by atoms with Gasteiger partial charge in [0.1, 0.15) is 0 Å². The van der Waals surface area contributed by atoms with Crippen molar-refractivity contribution in [2.75, 3.05) is 38.5 Å². The Morgan fingerprint density at radius 1 is 1.10 bits per heavy atom. The van der Waals surface area contributed by atoms with Crippen molar-refractivity contribution in [2.45, 2.75) is 19.1 Å². The molecule has 0 atom stereocenters. The maximum Gasteiger partial charge on any atom is 0.416 e. The lowest BCUT2D eigenvalue weighted by Crippen LogP contribution is -2.44. The smallest absolute Gasteiger partial charge is 0.322 e. The van der Waals surface area contributed by atoms with Crippen molar-refractivity contribution in [3.05, 3.63) is 62.2 Å². The number of nitrogens with zero attached hydrogens (tertiary/aromatic N) is 2. The molecule has 0 radical (unpaired) electrons. The first kappa shape index (κ1) is 23.9. The molecule has 1 N–H and O–H groups in total. The summed E-state index contributed by atoms with van der Waals surface area (Å²) in [5, 5.41) is 2.43. The molecule has 0 aliphatic carbocycles. The zero-order chi connectivity index (χ0) is 22.8. The van der Waals surface area contributed by atoms with Gasteiger partial charge in [0, 0.05) is 53.1 Å². The number of piperazine rings is 1. The first-order valence-electron chi connectivity index (χ1n) is 9.54. The van der Waals surface area contributed by atoms with Gasteiger partial charge in [-0.25, -0.2) is 8.78 Å². The Bertz CT molecular complexity index is 943. The standard InChI is InChI=1S/C21H21F5IN3O/c1-29-6-8-30(9-7-29)12-14-2-4-15(11-17(14)21(24,25)26)28-20(31)13-3-5-16(19(22)23)18(27)10-13/h2-5,10-11,19H,6-9,12H2,1H3,(H,28,31). The van der Waals surface area contributed by atoms with E-state index >= 15 is 0 Å². The van der Waals surface area contributed by atoms with Crippen LogP contribution >= 0.6 is 22.6 Å². The lowest BCUT2D eigenvalue weighted by molar-refractivity contribution is -0.138. The summed E-state index contributed by atoms with van der Waals surface area (Å²) in [4.78, 5) is 16.5. The Morgan fingerprint density at radius 3 is 2.35 bits per heavy atom. The van der Waals surface area contributed by atoms with Crippen LogP contribution < -0.4 is 5.32 Å². The van der Waals surface area contributed by atoms with Gasteiger partial charge >= 0.3 is 6.18 Å². The molecule has 1 aliphatic heterocycles. The highest BCUT2D eigenvalue weighted by molar-refractivity contribution is 14.1. The molecular weight excluding hydrogens is 532 g/mol. The van der Waals surface area contributed by atoms with E-state index in [1.165, 1.54) is 24.3 Å². The van der Waals surface area contributed by atoms with Gasteiger partial charge < -0.3 is 10.2 Å². The average molecular weight is 553 g/mol. The molecule has 0 saturated carbocycles. The van der Waals surface area contributed by atoms with Crippen molar-refractivity contribution in [1.82, 2.24) is 9.80 Å². The Hall–Kier alpha value is -1.79. The van der Waals surface area contributed by atoms with Crippen LogP contribution in [0, 0.1) is 3.57 Å². The molecule has 3 rings (SSSR count). The van der Waals surface area contributed by atoms with Crippen molar-refractivity contribution in [3.63, 3.8) is 0 Å². The summed E-state index contributed by atoms with van der Waals surface area (Å²) in [6.07, 6.45) is -7.25. The van der Waals surface area contributed by atoms with E-state index in [2.05, 4.69) is 10.2 Å². The van der Waals surface area contributed by atoms with Gasteiger partial charge in [0.25, 0.3) is 12.3 Å². The number of carbonyl (C=O) groups is 1. The van der Waals surface area contributed by atoms with Crippen LogP contribution in [-0.2, 0) is 12.7 Å². The molecule has 31 heavy (non-hydrogen) atoms. The number of alkyl halides is 5. The largest absolute Gasteiger partial charge is 0.416 e. The van der Waals surface area contributed by atoms with Gasteiger partial charge in [-0.05, 0) is 59.5 Å². The van der Waals surface area contributed by atoms with Gasteiger partial charge in [0.15, 0.2) is 0 Å². The monoisotopic (exact) mass is 553 g/mol. The van der Waals surface area contributed by atoms with E-state index in [0.717, 1.165) is 25.2 Å². The van der Waals surface area contributed by atoms with Crippen molar-refractivity contribution in [3.8, 4) is 0 Å². The number of halogens is 6. The summed E-state index contributed by atoms with van der Waals surface area (Å²) in [6.45, 7) is 3.11. The fraction of sp³-hybridized carbons (Fsp3) is 0.381. The number of nitrogens with one attached hydrogen (secondary N) is 1. The summed E-state index contributed by atoms with van der Waals surface area (Å²) in [6, 6.07) is 7.37. The van der Waals surface area contributed by atoms with Crippen molar-refractivity contribution < 1.29 is 26.7 Å². The molecule has 168 valence electrons. The fourth-order valence-electron chi connectivity index (χ4n) is 3.35. The molecule has 1 amide bonds. The van der Waals surface area contributed by atoms with Gasteiger partial charge in [-0.1, -0.05) is 12.1 Å². The summed E-state index contributed by atoms with van der Waals surface area (Å²) < 4.78 is 66.9. The number of anilines is 1. The third-order valence-corrected chi connectivity index (χ3v) is 6.09. The SMILES string of the molecule is CN1CCN(Cc2ccc(NC(=O)c3ccc(C(F)F)c(I)c3)cc2C(F)(F)F)CC1. The van der Waals surface area contributed by atoms with Crippen LogP contribution in [0.1, 0.15) is 33.5 Å². The summed E-state index contributed by atoms with van der Waals surface area (Å²) >= 11 is 1.70. The van der Waals surface area contributed by atoms with Crippen LogP contribution in [0.15, 0.2) is 36.4 Å². The first-order chi connectivity index (χ1) is 14.5. The van der Waals surface area contributed by atoms with E-state index in [-0.39, 0.29) is 32.5 Å². The van der Waals surface area contributed by atoms with Crippen LogP contribution in [0.3, 0.4) is 0 Å². The van der Waals surface area contributed by atoms with E-state index < -0.39 is 24.1 Å². The van der Waals surface area contributed by atoms with Crippen LogP contribution in [0.2, 0.25) is 0 Å². The molecule has 1 heterocycles. The van der Waals surface area contributed by atoms with Crippen LogP contribution in [0.25, 0.3) is 0 Å². The molecule has 4 nitrogen and oxygen atoms in total. The molecule has 0 spiro atoms. The maximum absolute atomic E-state index is 13.7. The van der Waals surface area contributed by atoms with Gasteiger partial charge in [-0.15, -0.1) is 0 Å². The maximum atomic E-state index is 13.7. The Kier molecular flexibility index (Phi) is 7.53. The highest BCUT2D eigenvalue weighted by Crippen LogP contribution is 2.35. The second-order valence-electron chi connectivity index (χ2n) is 7.44. The molecule has 2 aromatic carbocycles. The third kappa shape index (κ3) is 6.13. The topological polar surface area (TPSA) is 35.6 Å². The molecular formula is C21H21F5IN3O. The second kappa shape index (κ2) is 9.78. The number of likely N-dealkylation sites (N-methyl/N-ethyl adjacent to an activating group) is 1. The molecule has 0 bridgehead atoms. The van der Waals surface area contributed by atoms with Gasteiger partial charge in [0.05, 0.1) is 5.56 Å². The zero-order valence-corrected chi connectivity index (χ0v) is 18.8. The average Bonchev–Trinajstić information content (AvgIpc) is 2.69. The molecule has 0 unspecified atom stereocenters. The number of carbonyl (C=O) groups excluding carboxylic acids is 1. The van der Waals surface area contributed by atoms with E-state index in [4.69, 9.17) is 0 Å². The zero-order valence-electron chi connectivity index (χ0n) is 16.6. The van der Waals surface area contributed by atoms with E-state index in [0.29, 0.717) is 13.1 Å². The Labute approximate surface area is 190 Å². The van der Waals surface area contributed by atoms with Crippen LogP contribution in [0.4, 0.5) is 27.6 Å². The van der Waals surface area contributed by atoms with E-state index in [9.17, 15) is 26.7 Å². The number of hydrogen-bond donors (Lipinski definition) is 1. The van der Waals surface area contributed by atoms with E-state index in [1.54, 1.807) is 22.6 Å². The summed E-state index contributed by atoms with van der Waals surface area (Å²) in [5.41, 5.74) is -0.779. The van der Waals surface area contributed by atoms with Gasteiger partial charge in [0.2, 0.25) is 0 Å². The highest BCUT2D eigenvalue weighted by Gasteiger charge is 2.34.